The minimum atomic E-state index is -0.874. The summed E-state index contributed by atoms with van der Waals surface area (Å²) in [7, 11) is 0. The second-order valence-corrected chi connectivity index (χ2v) is 10.3. The monoisotopic (exact) mass is 481 g/mol. The third-order valence-corrected chi connectivity index (χ3v) is 5.74. The first-order valence-corrected chi connectivity index (χ1v) is 12.0. The van der Waals surface area contributed by atoms with Crippen LogP contribution in [0.5, 0.6) is 0 Å². The van der Waals surface area contributed by atoms with Gasteiger partial charge in [-0.15, -0.1) is 0 Å². The first-order valence-electron chi connectivity index (χ1n) is 12.0. The van der Waals surface area contributed by atoms with E-state index in [0.29, 0.717) is 18.5 Å². The smallest absolute Gasteiger partial charge is 0.408 e. The van der Waals surface area contributed by atoms with E-state index in [1.807, 2.05) is 82.3 Å². The molecule has 2 aromatic rings. The number of carbonyl (C=O) groups is 3. The first kappa shape index (κ1) is 27.9. The van der Waals surface area contributed by atoms with E-state index >= 15 is 0 Å². The molecule has 2 N–H and O–H groups in total. The molecule has 7 heteroatoms. The quantitative estimate of drug-likeness (QED) is 0.534. The second-order valence-electron chi connectivity index (χ2n) is 10.3. The number of hydrogen-bond donors (Lipinski definition) is 2. The molecule has 0 aliphatic carbocycles. The summed E-state index contributed by atoms with van der Waals surface area (Å²) in [5.41, 5.74) is 1.31. The molecule has 0 aliphatic rings. The Labute approximate surface area is 209 Å². The van der Waals surface area contributed by atoms with E-state index in [9.17, 15) is 14.4 Å². The van der Waals surface area contributed by atoms with Gasteiger partial charge >= 0.3 is 6.09 Å². The van der Waals surface area contributed by atoms with Gasteiger partial charge in [0.05, 0.1) is 0 Å². The van der Waals surface area contributed by atoms with Crippen LogP contribution in [0.4, 0.5) is 4.79 Å². The highest BCUT2D eigenvalue weighted by atomic mass is 16.6. The molecule has 0 aliphatic heterocycles. The third kappa shape index (κ3) is 8.42. The normalized spacial score (nSPS) is 12.4. The molecule has 0 saturated carbocycles. The lowest BCUT2D eigenvalue weighted by atomic mass is 9.92. The summed E-state index contributed by atoms with van der Waals surface area (Å²) in [6.45, 7) is 13.1. The second kappa shape index (κ2) is 11.9. The average molecular weight is 482 g/mol. The molecule has 0 fully saturated rings. The lowest BCUT2D eigenvalue weighted by Crippen LogP contribution is -2.56. The zero-order chi connectivity index (χ0) is 26.2. The molecule has 190 valence electrons. The Morgan fingerprint density at radius 2 is 1.60 bits per heavy atom. The van der Waals surface area contributed by atoms with Gasteiger partial charge in [-0.3, -0.25) is 9.59 Å². The van der Waals surface area contributed by atoms with Crippen molar-refractivity contribution in [2.45, 2.75) is 78.6 Å². The molecule has 1 atom stereocenters. The van der Waals surface area contributed by atoms with Gasteiger partial charge in [0.1, 0.15) is 18.2 Å². The van der Waals surface area contributed by atoms with Crippen molar-refractivity contribution in [3.63, 3.8) is 0 Å². The van der Waals surface area contributed by atoms with Crippen molar-refractivity contribution in [1.29, 1.82) is 0 Å². The molecule has 2 aromatic carbocycles. The van der Waals surface area contributed by atoms with Gasteiger partial charge in [0.2, 0.25) is 11.8 Å². The molecule has 7 nitrogen and oxygen atoms in total. The predicted octanol–water partition coefficient (Wildman–Crippen LogP) is 4.89. The zero-order valence-corrected chi connectivity index (χ0v) is 22.0. The van der Waals surface area contributed by atoms with Crippen LogP contribution in [0.25, 0.3) is 0 Å². The summed E-state index contributed by atoms with van der Waals surface area (Å²) in [6.07, 6.45) is -0.0693. The predicted molar refractivity (Wildman–Crippen MR) is 138 cm³/mol. The molecule has 3 amide bonds. The van der Waals surface area contributed by atoms with E-state index in [1.165, 1.54) is 0 Å². The first-order chi connectivity index (χ1) is 16.3. The molecule has 0 spiro atoms. The molecule has 1 unspecified atom stereocenters. The fourth-order valence-corrected chi connectivity index (χ4v) is 3.69. The summed E-state index contributed by atoms with van der Waals surface area (Å²) in [6, 6.07) is 16.3. The molecule has 35 heavy (non-hydrogen) atoms. The Hall–Kier alpha value is -3.35. The van der Waals surface area contributed by atoms with E-state index in [4.69, 9.17) is 4.74 Å². The Morgan fingerprint density at radius 1 is 0.943 bits per heavy atom. The van der Waals surface area contributed by atoms with Crippen molar-refractivity contribution in [2.24, 2.45) is 0 Å². The van der Waals surface area contributed by atoms with Gasteiger partial charge in [-0.2, -0.15) is 0 Å². The van der Waals surface area contributed by atoms with E-state index in [2.05, 4.69) is 10.6 Å². The minimum Gasteiger partial charge on any atom is -0.444 e. The molecular weight excluding hydrogens is 442 g/mol. The molecule has 2 rings (SSSR count). The summed E-state index contributed by atoms with van der Waals surface area (Å²) in [5, 5.41) is 5.55. The maximum Gasteiger partial charge on any atom is 0.408 e. The number of aryl methyl sites for hydroxylation is 1. The molecular formula is C28H39N3O4. The summed E-state index contributed by atoms with van der Waals surface area (Å²) in [4.78, 5) is 41.0. The van der Waals surface area contributed by atoms with Crippen LogP contribution in [-0.2, 0) is 20.9 Å². The standard InChI is InChI=1S/C28H39N3O4/c1-8-28(6,7)31(23(32)19-30-26(34)35-27(3,4)5)24(22-16-12-13-20(2)17-22)25(33)29-18-21-14-10-9-11-15-21/h9-17,24H,8,18-19H2,1-7H3,(H,29,33)(H,30,34). The van der Waals surface area contributed by atoms with Crippen molar-refractivity contribution in [1.82, 2.24) is 15.5 Å². The number of alkyl carbamates (subject to hydrolysis) is 1. The highest BCUT2D eigenvalue weighted by Crippen LogP contribution is 2.31. The van der Waals surface area contributed by atoms with Gasteiger partial charge in [-0.05, 0) is 59.1 Å². The SMILES string of the molecule is CCC(C)(C)N(C(=O)CNC(=O)OC(C)(C)C)C(C(=O)NCc1ccccc1)c1cccc(C)c1. The summed E-state index contributed by atoms with van der Waals surface area (Å²) < 4.78 is 5.28. The fraction of sp³-hybridized carbons (Fsp3) is 0.464. The van der Waals surface area contributed by atoms with Crippen LogP contribution >= 0.6 is 0 Å². The summed E-state index contributed by atoms with van der Waals surface area (Å²) in [5.74, 6) is -0.657. The van der Waals surface area contributed by atoms with E-state index < -0.39 is 23.3 Å². The van der Waals surface area contributed by atoms with Crippen LogP contribution in [0.15, 0.2) is 54.6 Å². The van der Waals surface area contributed by atoms with Crippen LogP contribution in [0.2, 0.25) is 0 Å². The van der Waals surface area contributed by atoms with Gasteiger partial charge in [0.15, 0.2) is 0 Å². The third-order valence-electron chi connectivity index (χ3n) is 5.74. The highest BCUT2D eigenvalue weighted by molar-refractivity contribution is 5.91. The number of carbonyl (C=O) groups excluding carboxylic acids is 3. The lowest BCUT2D eigenvalue weighted by molar-refractivity contribution is -0.146. The Balaban J connectivity index is 2.38. The van der Waals surface area contributed by atoms with Gasteiger partial charge < -0.3 is 20.3 Å². The molecule has 0 bridgehead atoms. The molecule has 0 aromatic heterocycles. The number of benzene rings is 2. The van der Waals surface area contributed by atoms with Gasteiger partial charge in [0, 0.05) is 12.1 Å². The van der Waals surface area contributed by atoms with Crippen LogP contribution in [-0.4, -0.2) is 40.5 Å². The number of rotatable bonds is 9. The lowest BCUT2D eigenvalue weighted by Gasteiger charge is -2.43. The topological polar surface area (TPSA) is 87.7 Å². The molecule has 0 heterocycles. The Morgan fingerprint density at radius 3 is 2.17 bits per heavy atom. The van der Waals surface area contributed by atoms with Crippen molar-refractivity contribution in [3.05, 3.63) is 71.3 Å². The average Bonchev–Trinajstić information content (AvgIpc) is 2.78. The van der Waals surface area contributed by atoms with Crippen molar-refractivity contribution in [3.8, 4) is 0 Å². The number of nitrogens with one attached hydrogen (secondary N) is 2. The van der Waals surface area contributed by atoms with Crippen LogP contribution < -0.4 is 10.6 Å². The number of nitrogens with zero attached hydrogens (tertiary/aromatic N) is 1. The van der Waals surface area contributed by atoms with Crippen LogP contribution in [0.3, 0.4) is 0 Å². The molecule has 0 radical (unpaired) electrons. The van der Waals surface area contributed by atoms with Gasteiger partial charge in [0.25, 0.3) is 0 Å². The zero-order valence-electron chi connectivity index (χ0n) is 22.0. The van der Waals surface area contributed by atoms with Gasteiger partial charge in [-0.1, -0.05) is 67.1 Å². The van der Waals surface area contributed by atoms with Crippen molar-refractivity contribution < 1.29 is 19.1 Å². The fourth-order valence-electron chi connectivity index (χ4n) is 3.69. The number of ether oxygens (including phenoxy) is 1. The maximum atomic E-state index is 13.6. The van der Waals surface area contributed by atoms with E-state index in [-0.39, 0.29) is 18.4 Å². The van der Waals surface area contributed by atoms with Crippen LogP contribution in [0, 0.1) is 6.92 Å². The molecule has 0 saturated heterocycles. The van der Waals surface area contributed by atoms with Gasteiger partial charge in [-0.25, -0.2) is 4.79 Å². The highest BCUT2D eigenvalue weighted by Gasteiger charge is 2.40. The number of amides is 3. The summed E-state index contributed by atoms with van der Waals surface area (Å²) >= 11 is 0. The van der Waals surface area contributed by atoms with Crippen LogP contribution in [0.1, 0.15) is 70.7 Å². The minimum absolute atomic E-state index is 0.285. The Bertz CT molecular complexity index is 1010. The largest absolute Gasteiger partial charge is 0.444 e. The van der Waals surface area contributed by atoms with Crippen molar-refractivity contribution in [2.75, 3.05) is 6.54 Å². The number of hydrogen-bond acceptors (Lipinski definition) is 4. The van der Waals surface area contributed by atoms with E-state index in [0.717, 1.165) is 11.1 Å². The maximum absolute atomic E-state index is 13.6. The van der Waals surface area contributed by atoms with E-state index in [1.54, 1.807) is 25.7 Å². The Kier molecular flexibility index (Phi) is 9.46. The van der Waals surface area contributed by atoms with Crippen molar-refractivity contribution >= 4 is 17.9 Å².